The lowest BCUT2D eigenvalue weighted by atomic mass is 9.92. The highest BCUT2D eigenvalue weighted by molar-refractivity contribution is 5.28. The Morgan fingerprint density at radius 2 is 1.27 bits per heavy atom. The zero-order chi connectivity index (χ0) is 6.81. The number of rotatable bonds is 0. The molecule has 2 N–H and O–H groups in total. The molecule has 11 heavy (non-hydrogen) atoms. The van der Waals surface area contributed by atoms with E-state index in [0.29, 0.717) is 0 Å². The Morgan fingerprint density at radius 1 is 0.818 bits per heavy atom. The minimum atomic E-state index is 0. The van der Waals surface area contributed by atoms with Gasteiger partial charge in [0.1, 0.15) is 0 Å². The molecule has 0 bridgehead atoms. The standard InChI is InChI=1S/C10H12.H2O/c1-2-6-10-8-4-3-7-9(10)5-1;/h1-2,5-6H,3-4,7-8H2;1H2. The summed E-state index contributed by atoms with van der Waals surface area (Å²) in [5.41, 5.74) is 3.16. The molecule has 60 valence electrons. The average molecular weight is 150 g/mol. The maximum Gasteiger partial charge on any atom is -0.0276 e. The second-order valence-corrected chi connectivity index (χ2v) is 2.98. The lowest BCUT2D eigenvalue weighted by Crippen LogP contribution is -2.00. The van der Waals surface area contributed by atoms with E-state index in [9.17, 15) is 0 Å². The summed E-state index contributed by atoms with van der Waals surface area (Å²) >= 11 is 0. The highest BCUT2D eigenvalue weighted by atomic mass is 16.0. The van der Waals surface area contributed by atoms with Gasteiger partial charge in [-0.1, -0.05) is 24.3 Å². The van der Waals surface area contributed by atoms with Gasteiger partial charge in [0.25, 0.3) is 0 Å². The Kier molecular flexibility index (Phi) is 2.66. The maximum atomic E-state index is 2.26. The number of aryl methyl sites for hydroxylation is 2. The summed E-state index contributed by atoms with van der Waals surface area (Å²) in [6.45, 7) is 0. The minimum Gasteiger partial charge on any atom is -0.412 e. The predicted molar refractivity (Wildman–Crippen MR) is 46.7 cm³/mol. The molecular weight excluding hydrogens is 136 g/mol. The van der Waals surface area contributed by atoms with Crippen LogP contribution in [0.3, 0.4) is 0 Å². The van der Waals surface area contributed by atoms with E-state index in [1.165, 1.54) is 25.7 Å². The van der Waals surface area contributed by atoms with Crippen LogP contribution in [0.4, 0.5) is 0 Å². The highest BCUT2D eigenvalue weighted by Gasteiger charge is 2.05. The van der Waals surface area contributed by atoms with Crippen LogP contribution in [0.25, 0.3) is 0 Å². The van der Waals surface area contributed by atoms with Gasteiger partial charge in [-0.15, -0.1) is 0 Å². The van der Waals surface area contributed by atoms with E-state index in [2.05, 4.69) is 24.3 Å². The normalized spacial score (nSPS) is 14.9. The molecule has 1 aliphatic carbocycles. The van der Waals surface area contributed by atoms with Crippen LogP contribution < -0.4 is 0 Å². The SMILES string of the molecule is O.c1ccc2c(c1)CCCC2. The van der Waals surface area contributed by atoms with Crippen molar-refractivity contribution in [1.29, 1.82) is 0 Å². The second-order valence-electron chi connectivity index (χ2n) is 2.98. The van der Waals surface area contributed by atoms with Crippen LogP contribution in [-0.4, -0.2) is 5.48 Å². The van der Waals surface area contributed by atoms with E-state index in [-0.39, 0.29) is 5.48 Å². The van der Waals surface area contributed by atoms with Crippen molar-refractivity contribution in [2.45, 2.75) is 25.7 Å². The highest BCUT2D eigenvalue weighted by Crippen LogP contribution is 2.19. The van der Waals surface area contributed by atoms with E-state index in [1.807, 2.05) is 0 Å². The fraction of sp³-hybridized carbons (Fsp3) is 0.400. The van der Waals surface area contributed by atoms with Crippen molar-refractivity contribution in [3.05, 3.63) is 35.4 Å². The van der Waals surface area contributed by atoms with Crippen LogP contribution in [0.1, 0.15) is 24.0 Å². The van der Waals surface area contributed by atoms with Gasteiger partial charge in [0.15, 0.2) is 0 Å². The molecular formula is C10H14O. The van der Waals surface area contributed by atoms with Crippen LogP contribution in [-0.2, 0) is 12.8 Å². The summed E-state index contributed by atoms with van der Waals surface area (Å²) in [4.78, 5) is 0. The van der Waals surface area contributed by atoms with E-state index in [0.717, 1.165) is 0 Å². The summed E-state index contributed by atoms with van der Waals surface area (Å²) in [5.74, 6) is 0. The van der Waals surface area contributed by atoms with Crippen molar-refractivity contribution in [3.63, 3.8) is 0 Å². The van der Waals surface area contributed by atoms with Gasteiger partial charge in [-0.2, -0.15) is 0 Å². The Morgan fingerprint density at radius 3 is 1.73 bits per heavy atom. The largest absolute Gasteiger partial charge is 0.412 e. The molecule has 0 saturated heterocycles. The third-order valence-electron chi connectivity index (χ3n) is 2.26. The molecule has 0 heterocycles. The summed E-state index contributed by atoms with van der Waals surface area (Å²) in [6, 6.07) is 8.80. The minimum absolute atomic E-state index is 0. The van der Waals surface area contributed by atoms with E-state index in [4.69, 9.17) is 0 Å². The quantitative estimate of drug-likeness (QED) is 0.539. The van der Waals surface area contributed by atoms with Gasteiger partial charge in [-0.3, -0.25) is 0 Å². The molecule has 0 amide bonds. The molecule has 1 heteroatoms. The van der Waals surface area contributed by atoms with Crippen LogP contribution in [0.2, 0.25) is 0 Å². The third-order valence-corrected chi connectivity index (χ3v) is 2.26. The molecule has 0 radical (unpaired) electrons. The van der Waals surface area contributed by atoms with Gasteiger partial charge < -0.3 is 5.48 Å². The van der Waals surface area contributed by atoms with Crippen molar-refractivity contribution < 1.29 is 5.48 Å². The van der Waals surface area contributed by atoms with E-state index >= 15 is 0 Å². The monoisotopic (exact) mass is 150 g/mol. The number of hydrogen-bond acceptors (Lipinski definition) is 0. The van der Waals surface area contributed by atoms with Gasteiger partial charge in [-0.25, -0.2) is 0 Å². The first kappa shape index (κ1) is 8.28. The van der Waals surface area contributed by atoms with Crippen molar-refractivity contribution in [3.8, 4) is 0 Å². The lowest BCUT2D eigenvalue weighted by molar-refractivity contribution is 0.685. The second kappa shape index (κ2) is 3.54. The fourth-order valence-electron chi connectivity index (χ4n) is 1.68. The average Bonchev–Trinajstić information content (AvgIpc) is 2.05. The lowest BCUT2D eigenvalue weighted by Gasteiger charge is -2.13. The van der Waals surface area contributed by atoms with Gasteiger partial charge in [-0.05, 0) is 36.8 Å². The maximum absolute atomic E-state index is 2.26. The first-order valence-corrected chi connectivity index (χ1v) is 4.03. The summed E-state index contributed by atoms with van der Waals surface area (Å²) in [5, 5.41) is 0. The molecule has 0 aliphatic heterocycles. The zero-order valence-corrected chi connectivity index (χ0v) is 6.64. The topological polar surface area (TPSA) is 31.5 Å². The van der Waals surface area contributed by atoms with Gasteiger partial charge in [0.05, 0.1) is 0 Å². The Bertz CT molecular complexity index is 205. The Balaban J connectivity index is 0.000000605. The van der Waals surface area contributed by atoms with Gasteiger partial charge >= 0.3 is 0 Å². The molecule has 1 aromatic rings. The van der Waals surface area contributed by atoms with Crippen LogP contribution in [0, 0.1) is 0 Å². The molecule has 0 aromatic heterocycles. The molecule has 0 saturated carbocycles. The third kappa shape index (κ3) is 1.60. The molecule has 1 nitrogen and oxygen atoms in total. The Hall–Kier alpha value is -0.820. The number of fused-ring (bicyclic) bond motifs is 1. The molecule has 0 spiro atoms. The molecule has 1 aromatic carbocycles. The summed E-state index contributed by atoms with van der Waals surface area (Å²) < 4.78 is 0. The zero-order valence-electron chi connectivity index (χ0n) is 6.64. The van der Waals surface area contributed by atoms with Crippen LogP contribution in [0.5, 0.6) is 0 Å². The number of hydrogen-bond donors (Lipinski definition) is 0. The molecule has 0 unspecified atom stereocenters. The van der Waals surface area contributed by atoms with Crippen molar-refractivity contribution >= 4 is 0 Å². The van der Waals surface area contributed by atoms with Crippen molar-refractivity contribution in [2.75, 3.05) is 0 Å². The molecule has 2 rings (SSSR count). The van der Waals surface area contributed by atoms with E-state index in [1.54, 1.807) is 11.1 Å². The smallest absolute Gasteiger partial charge is 0.0276 e. The Labute approximate surface area is 67.4 Å². The van der Waals surface area contributed by atoms with Crippen LogP contribution >= 0.6 is 0 Å². The van der Waals surface area contributed by atoms with Crippen LogP contribution in [0.15, 0.2) is 24.3 Å². The predicted octanol–water partition coefficient (Wildman–Crippen LogP) is 1.74. The van der Waals surface area contributed by atoms with Gasteiger partial charge in [0, 0.05) is 0 Å². The summed E-state index contributed by atoms with van der Waals surface area (Å²) in [7, 11) is 0. The number of benzene rings is 1. The summed E-state index contributed by atoms with van der Waals surface area (Å²) in [6.07, 6.45) is 5.38. The molecule has 1 aliphatic rings. The van der Waals surface area contributed by atoms with E-state index < -0.39 is 0 Å². The molecule has 0 atom stereocenters. The first-order chi connectivity index (χ1) is 4.97. The van der Waals surface area contributed by atoms with Crippen molar-refractivity contribution in [2.24, 2.45) is 0 Å². The van der Waals surface area contributed by atoms with Gasteiger partial charge in [0.2, 0.25) is 0 Å². The first-order valence-electron chi connectivity index (χ1n) is 4.03. The van der Waals surface area contributed by atoms with Crippen molar-refractivity contribution in [1.82, 2.24) is 0 Å². The molecule has 0 fully saturated rings. The fourth-order valence-corrected chi connectivity index (χ4v) is 1.68.